The van der Waals surface area contributed by atoms with Crippen molar-refractivity contribution in [3.05, 3.63) is 54.1 Å². The molecule has 0 saturated heterocycles. The van der Waals surface area contributed by atoms with E-state index in [0.29, 0.717) is 0 Å². The number of carbonyl (C=O) groups excluding carboxylic acids is 1. The van der Waals surface area contributed by atoms with Crippen LogP contribution in [0.25, 0.3) is 16.8 Å². The lowest BCUT2D eigenvalue weighted by Crippen LogP contribution is -1.74. The molecule has 0 fully saturated rings. The molecule has 0 amide bonds. The summed E-state index contributed by atoms with van der Waals surface area (Å²) >= 11 is 0. The number of benzene rings is 2. The van der Waals surface area contributed by atoms with Gasteiger partial charge in [0.25, 0.3) is 0 Å². The van der Waals surface area contributed by atoms with Gasteiger partial charge in [-0.1, -0.05) is 42.5 Å². The van der Waals surface area contributed by atoms with E-state index in [2.05, 4.69) is 12.1 Å². The van der Waals surface area contributed by atoms with E-state index in [0.717, 1.165) is 5.56 Å². The molecule has 0 spiro atoms. The molecule has 0 N–H and O–H groups in total. The lowest BCUT2D eigenvalue weighted by molar-refractivity contribution is 0.564. The zero-order chi connectivity index (χ0) is 9.80. The van der Waals surface area contributed by atoms with Crippen LogP contribution in [-0.4, -0.2) is 6.29 Å². The van der Waals surface area contributed by atoms with Crippen LogP contribution in [-0.2, 0) is 4.79 Å². The van der Waals surface area contributed by atoms with Crippen molar-refractivity contribution in [1.29, 1.82) is 0 Å². The van der Waals surface area contributed by atoms with Crippen LogP contribution in [0.3, 0.4) is 0 Å². The van der Waals surface area contributed by atoms with Crippen molar-refractivity contribution in [3.63, 3.8) is 0 Å². The minimum absolute atomic E-state index is 1.02. The summed E-state index contributed by atoms with van der Waals surface area (Å²) in [6, 6.07) is 14.2. The number of hydrogen-bond acceptors (Lipinski definition) is 1. The van der Waals surface area contributed by atoms with Gasteiger partial charge in [0.15, 0.2) is 0 Å². The molecule has 1 nitrogen and oxygen atoms in total. The summed E-state index contributed by atoms with van der Waals surface area (Å²) in [6.07, 6.45) is 4.86. The highest BCUT2D eigenvalue weighted by Crippen LogP contribution is 2.16. The molecule has 0 aliphatic carbocycles. The lowest BCUT2D eigenvalue weighted by Gasteiger charge is -1.98. The predicted octanol–water partition coefficient (Wildman–Crippen LogP) is 2.96. The average Bonchev–Trinajstić information content (AvgIpc) is 2.26. The molecule has 2 rings (SSSR count). The fourth-order valence-electron chi connectivity index (χ4n) is 1.44. The maximum absolute atomic E-state index is 10.0. The van der Waals surface area contributed by atoms with Gasteiger partial charge < -0.3 is 0 Å². The fourth-order valence-corrected chi connectivity index (χ4v) is 1.44. The van der Waals surface area contributed by atoms with Crippen molar-refractivity contribution in [3.8, 4) is 0 Å². The van der Waals surface area contributed by atoms with Gasteiger partial charge in [0, 0.05) is 0 Å². The number of fused-ring (bicyclic) bond motifs is 1. The second kappa shape index (κ2) is 3.88. The quantitative estimate of drug-likeness (QED) is 0.651. The molecular weight excluding hydrogens is 172 g/mol. The Morgan fingerprint density at radius 1 is 1.00 bits per heavy atom. The molecule has 0 unspecified atom stereocenters. The molecule has 0 saturated carbocycles. The maximum Gasteiger partial charge on any atom is 0.225 e. The number of hydrogen-bond donors (Lipinski definition) is 0. The average molecular weight is 181 g/mol. The molecule has 0 heterocycles. The van der Waals surface area contributed by atoms with Crippen LogP contribution in [0.5, 0.6) is 0 Å². The molecule has 0 atom stereocenters. The van der Waals surface area contributed by atoms with Crippen LogP contribution in [0.1, 0.15) is 5.56 Å². The van der Waals surface area contributed by atoms with Gasteiger partial charge in [-0.3, -0.25) is 4.79 Å². The van der Waals surface area contributed by atoms with E-state index in [-0.39, 0.29) is 0 Å². The summed E-state index contributed by atoms with van der Waals surface area (Å²) < 4.78 is 0. The molecule has 2 aromatic rings. The highest BCUT2D eigenvalue weighted by atomic mass is 16.1. The highest BCUT2D eigenvalue weighted by Gasteiger charge is 1.91. The van der Waals surface area contributed by atoms with Gasteiger partial charge in [0.05, 0.1) is 0 Å². The van der Waals surface area contributed by atoms with Gasteiger partial charge in [-0.15, -0.1) is 0 Å². The molecule has 1 heteroatoms. The zero-order valence-corrected chi connectivity index (χ0v) is 7.60. The minimum atomic E-state index is 1.02. The van der Waals surface area contributed by atoms with Crippen LogP contribution in [0.15, 0.2) is 48.5 Å². The molecule has 0 aliphatic heterocycles. The van der Waals surface area contributed by atoms with E-state index in [1.54, 1.807) is 12.4 Å². The maximum atomic E-state index is 10.0. The second-order valence-corrected chi connectivity index (χ2v) is 3.06. The first kappa shape index (κ1) is 8.70. The van der Waals surface area contributed by atoms with E-state index in [9.17, 15) is 4.79 Å². The zero-order valence-electron chi connectivity index (χ0n) is 7.60. The topological polar surface area (TPSA) is 17.1 Å². The molecule has 0 bridgehead atoms. The van der Waals surface area contributed by atoms with Gasteiger partial charge >= 0.3 is 0 Å². The van der Waals surface area contributed by atoms with Crippen molar-refractivity contribution in [2.75, 3.05) is 0 Å². The summed E-state index contributed by atoms with van der Waals surface area (Å²) in [5, 5.41) is 2.39. The van der Waals surface area contributed by atoms with E-state index in [1.165, 1.54) is 16.8 Å². The minimum Gasteiger partial charge on any atom is -0.286 e. The Hall–Kier alpha value is -1.89. The third-order valence-corrected chi connectivity index (χ3v) is 2.12. The molecule has 2 aromatic carbocycles. The van der Waals surface area contributed by atoms with Crippen molar-refractivity contribution in [2.45, 2.75) is 0 Å². The van der Waals surface area contributed by atoms with Crippen LogP contribution >= 0.6 is 0 Å². The second-order valence-electron chi connectivity index (χ2n) is 3.06. The predicted molar refractivity (Wildman–Crippen MR) is 58.7 cm³/mol. The van der Waals surface area contributed by atoms with Gasteiger partial charge in [0.2, 0.25) is 6.29 Å². The third-order valence-electron chi connectivity index (χ3n) is 2.12. The van der Waals surface area contributed by atoms with Gasteiger partial charge in [-0.2, -0.15) is 0 Å². The molecule has 14 heavy (non-hydrogen) atoms. The summed E-state index contributed by atoms with van der Waals surface area (Å²) in [6.45, 7) is 0. The Morgan fingerprint density at radius 2 is 1.79 bits per heavy atom. The Bertz CT molecular complexity index is 483. The molecule has 67 valence electrons. The largest absolute Gasteiger partial charge is 0.286 e. The Morgan fingerprint density at radius 3 is 2.57 bits per heavy atom. The van der Waals surface area contributed by atoms with Crippen LogP contribution in [0, 0.1) is 0 Å². The van der Waals surface area contributed by atoms with E-state index < -0.39 is 0 Å². The summed E-state index contributed by atoms with van der Waals surface area (Å²) in [5.41, 5.74) is 1.02. The molecule has 0 aromatic heterocycles. The first-order valence-corrected chi connectivity index (χ1v) is 4.43. The monoisotopic (exact) mass is 181 g/mol. The van der Waals surface area contributed by atoms with Crippen molar-refractivity contribution in [2.24, 2.45) is 0 Å². The number of allylic oxidation sites excluding steroid dienone is 1. The first-order valence-electron chi connectivity index (χ1n) is 4.43. The smallest absolute Gasteiger partial charge is 0.225 e. The summed E-state index contributed by atoms with van der Waals surface area (Å²) in [5.74, 6) is 0. The molecular formula is C13H9O. The Balaban J connectivity index is 2.51. The SMILES string of the molecule is O=[C]C=Cc1ccc2ccccc2c1. The van der Waals surface area contributed by atoms with Gasteiger partial charge in [-0.05, 0) is 28.5 Å². The summed E-state index contributed by atoms with van der Waals surface area (Å²) in [7, 11) is 0. The van der Waals surface area contributed by atoms with Crippen molar-refractivity contribution < 1.29 is 4.79 Å². The van der Waals surface area contributed by atoms with Gasteiger partial charge in [-0.25, -0.2) is 0 Å². The van der Waals surface area contributed by atoms with E-state index in [4.69, 9.17) is 0 Å². The number of rotatable bonds is 2. The third kappa shape index (κ3) is 1.72. The van der Waals surface area contributed by atoms with E-state index >= 15 is 0 Å². The lowest BCUT2D eigenvalue weighted by atomic mass is 10.1. The van der Waals surface area contributed by atoms with Crippen LogP contribution in [0.4, 0.5) is 0 Å². The van der Waals surface area contributed by atoms with Gasteiger partial charge in [0.1, 0.15) is 0 Å². The van der Waals surface area contributed by atoms with Crippen LogP contribution in [0.2, 0.25) is 0 Å². The Labute approximate surface area is 82.7 Å². The summed E-state index contributed by atoms with van der Waals surface area (Å²) in [4.78, 5) is 10.0. The van der Waals surface area contributed by atoms with E-state index in [1.807, 2.05) is 30.3 Å². The Kier molecular flexibility index (Phi) is 2.41. The van der Waals surface area contributed by atoms with Crippen LogP contribution < -0.4 is 0 Å². The highest BCUT2D eigenvalue weighted by molar-refractivity contribution is 5.85. The normalized spacial score (nSPS) is 10.9. The standard InChI is InChI=1S/C13H9O/c14-9-3-4-11-7-8-12-5-1-2-6-13(12)10-11/h1-8,10H. The molecule has 1 radical (unpaired) electrons. The van der Waals surface area contributed by atoms with Crippen molar-refractivity contribution >= 4 is 23.1 Å². The molecule has 0 aliphatic rings. The first-order chi connectivity index (χ1) is 6.90. The van der Waals surface area contributed by atoms with Crippen molar-refractivity contribution in [1.82, 2.24) is 0 Å². The fraction of sp³-hybridized carbons (Fsp3) is 0.